The zero-order valence-electron chi connectivity index (χ0n) is 16.4. The van der Waals surface area contributed by atoms with Crippen molar-refractivity contribution in [3.8, 4) is 0 Å². The Balaban J connectivity index is 2.46. The number of nitro groups is 1. The van der Waals surface area contributed by atoms with Gasteiger partial charge in [0.25, 0.3) is 0 Å². The van der Waals surface area contributed by atoms with E-state index in [-0.39, 0.29) is 28.3 Å². The van der Waals surface area contributed by atoms with Gasteiger partial charge < -0.3 is 9.53 Å². The number of carboxylic acid groups (broad SMARTS) is 1. The average molecular weight is 396 g/mol. The minimum Gasteiger partial charge on any atom is -0.478 e. The number of carboxylic acids is 1. The molecule has 0 unspecified atom stereocenters. The predicted molar refractivity (Wildman–Crippen MR) is 103 cm³/mol. The van der Waals surface area contributed by atoms with E-state index in [0.717, 1.165) is 0 Å². The van der Waals surface area contributed by atoms with E-state index in [9.17, 15) is 24.4 Å². The van der Waals surface area contributed by atoms with Gasteiger partial charge in [0.1, 0.15) is 0 Å². The molecule has 0 spiro atoms. The molecule has 1 aromatic carbocycles. The van der Waals surface area contributed by atoms with E-state index in [4.69, 9.17) is 4.43 Å². The predicted octanol–water partition coefficient (Wildman–Crippen LogP) is 5.28. The second kappa shape index (κ2) is 7.51. The summed E-state index contributed by atoms with van der Waals surface area (Å²) in [6.07, 6.45) is 1.31. The van der Waals surface area contributed by atoms with Crippen LogP contribution < -0.4 is 0 Å². The Hall–Kier alpha value is -2.06. The molecule has 0 saturated heterocycles. The van der Waals surface area contributed by atoms with Crippen molar-refractivity contribution in [2.24, 2.45) is 0 Å². The maximum atomic E-state index is 15.0. The lowest BCUT2D eigenvalue weighted by molar-refractivity contribution is -0.387. The molecule has 0 atom stereocenters. The number of hydrogen-bond acceptors (Lipinski definition) is 4. The average Bonchev–Trinajstić information content (AvgIpc) is 3.01. The van der Waals surface area contributed by atoms with Crippen LogP contribution in [0.1, 0.15) is 51.2 Å². The van der Waals surface area contributed by atoms with E-state index in [1.54, 1.807) is 0 Å². The van der Waals surface area contributed by atoms with Gasteiger partial charge in [-0.15, -0.1) is 0 Å². The van der Waals surface area contributed by atoms with Crippen LogP contribution in [0.15, 0.2) is 17.7 Å². The third-order valence-corrected chi connectivity index (χ3v) is 10.1. The highest BCUT2D eigenvalue weighted by atomic mass is 28.4. The normalized spacial score (nSPS) is 15.3. The van der Waals surface area contributed by atoms with Gasteiger partial charge >= 0.3 is 11.7 Å². The highest BCUT2D eigenvalue weighted by Crippen LogP contribution is 2.41. The summed E-state index contributed by atoms with van der Waals surface area (Å²) < 4.78 is 21.0. The number of allylic oxidation sites excluding steroid dienone is 1. The smallest absolute Gasteiger partial charge is 0.331 e. The summed E-state index contributed by atoms with van der Waals surface area (Å²) in [5.41, 5.74) is -0.0102. The van der Waals surface area contributed by atoms with Crippen molar-refractivity contribution in [3.63, 3.8) is 0 Å². The number of aliphatic carboxylic acids is 1. The standard InChI is InChI=1S/C19H26FNO5Si/c1-19(2,3)27(4,5)26-11-12-9-10-14(17(16(12)20)21(24)25)13-7-6-8-15(13)18(22)23/h9-10H,6-8,11H2,1-5H3,(H,22,23). The number of nitro benzene ring substituents is 1. The van der Waals surface area contributed by atoms with Crippen molar-refractivity contribution < 1.29 is 23.6 Å². The Morgan fingerprint density at radius 3 is 2.48 bits per heavy atom. The van der Waals surface area contributed by atoms with Crippen LogP contribution in [0.3, 0.4) is 0 Å². The van der Waals surface area contributed by atoms with E-state index in [2.05, 4.69) is 20.8 Å². The Morgan fingerprint density at radius 2 is 1.96 bits per heavy atom. The molecule has 2 rings (SSSR count). The largest absolute Gasteiger partial charge is 0.478 e. The SMILES string of the molecule is CC(C)(C)[Si](C)(C)OCc1ccc(C2=C(C(=O)O)CCC2)c([N+](=O)[O-])c1F. The summed E-state index contributed by atoms with van der Waals surface area (Å²) in [6, 6.07) is 2.92. The molecule has 0 radical (unpaired) electrons. The van der Waals surface area contributed by atoms with Gasteiger partial charge in [0, 0.05) is 11.1 Å². The van der Waals surface area contributed by atoms with Crippen molar-refractivity contribution >= 4 is 25.5 Å². The fraction of sp³-hybridized carbons (Fsp3) is 0.526. The molecule has 27 heavy (non-hydrogen) atoms. The number of rotatable bonds is 6. The number of hydrogen-bond donors (Lipinski definition) is 1. The molecule has 0 bridgehead atoms. The molecule has 0 heterocycles. The van der Waals surface area contributed by atoms with Gasteiger partial charge in [-0.05, 0) is 49.0 Å². The van der Waals surface area contributed by atoms with Gasteiger partial charge in [-0.25, -0.2) is 4.79 Å². The Kier molecular flexibility index (Phi) is 5.91. The van der Waals surface area contributed by atoms with Crippen LogP contribution in [0.5, 0.6) is 0 Å². The highest BCUT2D eigenvalue weighted by Gasteiger charge is 2.38. The molecule has 0 aromatic heterocycles. The number of halogens is 1. The van der Waals surface area contributed by atoms with Crippen LogP contribution in [0.4, 0.5) is 10.1 Å². The van der Waals surface area contributed by atoms with Crippen molar-refractivity contribution in [1.29, 1.82) is 0 Å². The molecular formula is C19H26FNO5Si. The molecule has 0 saturated carbocycles. The third kappa shape index (κ3) is 4.27. The minimum absolute atomic E-state index is 0.0473. The van der Waals surface area contributed by atoms with E-state index in [1.165, 1.54) is 12.1 Å². The van der Waals surface area contributed by atoms with E-state index < -0.39 is 30.7 Å². The second-order valence-corrected chi connectivity index (χ2v) is 13.2. The second-order valence-electron chi connectivity index (χ2n) is 8.36. The zero-order valence-corrected chi connectivity index (χ0v) is 17.4. The van der Waals surface area contributed by atoms with Crippen molar-refractivity contribution in [2.45, 2.75) is 64.8 Å². The van der Waals surface area contributed by atoms with Gasteiger partial charge in [0.15, 0.2) is 8.32 Å². The van der Waals surface area contributed by atoms with Crippen molar-refractivity contribution in [2.75, 3.05) is 0 Å². The molecule has 8 heteroatoms. The van der Waals surface area contributed by atoms with E-state index in [0.29, 0.717) is 24.8 Å². The molecular weight excluding hydrogens is 369 g/mol. The first-order valence-corrected chi connectivity index (χ1v) is 11.8. The summed E-state index contributed by atoms with van der Waals surface area (Å²) in [6.45, 7) is 10.2. The Morgan fingerprint density at radius 1 is 1.33 bits per heavy atom. The van der Waals surface area contributed by atoms with Gasteiger partial charge in [-0.1, -0.05) is 26.8 Å². The lowest BCUT2D eigenvalue weighted by Crippen LogP contribution is -2.40. The molecule has 148 valence electrons. The molecule has 1 aliphatic rings. The molecule has 0 amide bonds. The minimum atomic E-state index is -2.14. The summed E-state index contributed by atoms with van der Waals surface area (Å²) in [5.74, 6) is -2.05. The van der Waals surface area contributed by atoms with Crippen LogP contribution in [0.2, 0.25) is 18.1 Å². The number of benzene rings is 1. The van der Waals surface area contributed by atoms with E-state index >= 15 is 0 Å². The summed E-state index contributed by atoms with van der Waals surface area (Å²) >= 11 is 0. The van der Waals surface area contributed by atoms with Crippen molar-refractivity contribution in [3.05, 3.63) is 44.8 Å². The van der Waals surface area contributed by atoms with E-state index in [1.807, 2.05) is 13.1 Å². The zero-order chi connectivity index (χ0) is 20.6. The molecule has 1 N–H and O–H groups in total. The number of carbonyl (C=O) groups is 1. The first-order chi connectivity index (χ1) is 12.4. The maximum absolute atomic E-state index is 15.0. The van der Waals surface area contributed by atoms with Crippen LogP contribution in [0, 0.1) is 15.9 Å². The van der Waals surface area contributed by atoms with Crippen LogP contribution >= 0.6 is 0 Å². The lowest BCUT2D eigenvalue weighted by atomic mass is 9.98. The Bertz CT molecular complexity index is 811. The first-order valence-electron chi connectivity index (χ1n) is 8.92. The van der Waals surface area contributed by atoms with Crippen LogP contribution in [-0.4, -0.2) is 24.3 Å². The fourth-order valence-corrected chi connectivity index (χ4v) is 3.84. The lowest BCUT2D eigenvalue weighted by Gasteiger charge is -2.36. The van der Waals surface area contributed by atoms with Crippen LogP contribution in [-0.2, 0) is 15.8 Å². The maximum Gasteiger partial charge on any atom is 0.331 e. The van der Waals surface area contributed by atoms with Gasteiger partial charge in [0.05, 0.1) is 17.1 Å². The quantitative estimate of drug-likeness (QED) is 0.402. The first kappa shape index (κ1) is 21.2. The molecule has 0 fully saturated rings. The molecule has 0 aliphatic heterocycles. The van der Waals surface area contributed by atoms with Crippen molar-refractivity contribution in [1.82, 2.24) is 0 Å². The third-order valence-electron chi connectivity index (χ3n) is 5.57. The Labute approximate surface area is 159 Å². The summed E-state index contributed by atoms with van der Waals surface area (Å²) in [4.78, 5) is 22.2. The monoisotopic (exact) mass is 395 g/mol. The topological polar surface area (TPSA) is 89.7 Å². The molecule has 6 nitrogen and oxygen atoms in total. The van der Waals surface area contributed by atoms with Gasteiger partial charge in [-0.3, -0.25) is 10.1 Å². The van der Waals surface area contributed by atoms with Crippen LogP contribution in [0.25, 0.3) is 5.57 Å². The highest BCUT2D eigenvalue weighted by molar-refractivity contribution is 6.74. The molecule has 1 aliphatic carbocycles. The summed E-state index contributed by atoms with van der Waals surface area (Å²) in [5, 5.41) is 20.8. The summed E-state index contributed by atoms with van der Waals surface area (Å²) in [7, 11) is -2.14. The van der Waals surface area contributed by atoms with Gasteiger partial charge in [0.2, 0.25) is 5.82 Å². The number of nitrogens with zero attached hydrogens (tertiary/aromatic N) is 1. The fourth-order valence-electron chi connectivity index (χ4n) is 2.89. The van der Waals surface area contributed by atoms with Gasteiger partial charge in [-0.2, -0.15) is 4.39 Å². The molecule has 1 aromatic rings.